The van der Waals surface area contributed by atoms with Gasteiger partial charge < -0.3 is 14.1 Å². The Morgan fingerprint density at radius 3 is 2.80 bits per heavy atom. The third-order valence-electron chi connectivity index (χ3n) is 5.49. The molecule has 2 aromatic carbocycles. The Kier molecular flexibility index (Phi) is 4.66. The number of hydrogen-bond acceptors (Lipinski definition) is 6. The molecule has 2 aromatic heterocycles. The Bertz CT molecular complexity index is 1170. The van der Waals surface area contributed by atoms with Crippen molar-refractivity contribution in [1.29, 1.82) is 0 Å². The van der Waals surface area contributed by atoms with Gasteiger partial charge in [0.1, 0.15) is 11.9 Å². The minimum atomic E-state index is -0.123. The van der Waals surface area contributed by atoms with Gasteiger partial charge in [-0.15, -0.1) is 0 Å². The normalized spacial score (nSPS) is 19.2. The molecule has 1 saturated heterocycles. The third-order valence-corrected chi connectivity index (χ3v) is 5.49. The van der Waals surface area contributed by atoms with Crippen LogP contribution in [0.4, 0.5) is 0 Å². The Balaban J connectivity index is 1.39. The Labute approximate surface area is 173 Å². The fraction of sp³-hybridized carbons (Fsp3) is 0.273. The molecule has 0 aliphatic carbocycles. The van der Waals surface area contributed by atoms with E-state index in [2.05, 4.69) is 22.1 Å². The van der Waals surface area contributed by atoms with Crippen molar-refractivity contribution in [2.75, 3.05) is 6.54 Å². The van der Waals surface area contributed by atoms with Crippen LogP contribution in [0.25, 0.3) is 16.8 Å². The highest BCUT2D eigenvalue weighted by Crippen LogP contribution is 2.29. The van der Waals surface area contributed by atoms with E-state index in [1.165, 1.54) is 11.2 Å². The fourth-order valence-corrected chi connectivity index (χ4v) is 3.91. The van der Waals surface area contributed by atoms with Gasteiger partial charge in [-0.1, -0.05) is 18.2 Å². The van der Waals surface area contributed by atoms with Crippen molar-refractivity contribution in [2.45, 2.75) is 31.9 Å². The van der Waals surface area contributed by atoms with Crippen molar-refractivity contribution in [3.8, 4) is 11.4 Å². The van der Waals surface area contributed by atoms with Gasteiger partial charge in [0.05, 0.1) is 30.2 Å². The Morgan fingerprint density at radius 2 is 1.93 bits per heavy atom. The van der Waals surface area contributed by atoms with Crippen LogP contribution >= 0.6 is 0 Å². The molecule has 1 amide bonds. The van der Waals surface area contributed by atoms with E-state index in [4.69, 9.17) is 9.15 Å². The number of benzene rings is 2. The summed E-state index contributed by atoms with van der Waals surface area (Å²) in [5, 5.41) is 8.37. The molecule has 8 heteroatoms. The molecular weight excluding hydrogens is 382 g/mol. The number of carbonyl (C=O) groups is 1. The molecular formula is C22H21N5O3. The second-order valence-corrected chi connectivity index (χ2v) is 7.41. The number of para-hydroxylation sites is 2. The lowest BCUT2D eigenvalue weighted by Gasteiger charge is -2.38. The van der Waals surface area contributed by atoms with Crippen molar-refractivity contribution in [2.24, 2.45) is 0 Å². The number of carbonyl (C=O) groups excluding carboxylic acids is 1. The van der Waals surface area contributed by atoms with E-state index < -0.39 is 0 Å². The van der Waals surface area contributed by atoms with Crippen molar-refractivity contribution in [3.63, 3.8) is 0 Å². The first kappa shape index (κ1) is 18.4. The minimum Gasteiger partial charge on any atom is -0.486 e. The first-order chi connectivity index (χ1) is 14.7. The van der Waals surface area contributed by atoms with E-state index in [9.17, 15) is 4.79 Å². The van der Waals surface area contributed by atoms with Crippen LogP contribution in [0.5, 0.6) is 5.75 Å². The molecule has 2 atom stereocenters. The van der Waals surface area contributed by atoms with Crippen molar-refractivity contribution in [3.05, 3.63) is 66.8 Å². The van der Waals surface area contributed by atoms with Crippen molar-refractivity contribution in [1.82, 2.24) is 24.9 Å². The number of piperidine rings is 1. The highest BCUT2D eigenvalue weighted by molar-refractivity contribution is 5.98. The monoisotopic (exact) mass is 403 g/mol. The van der Waals surface area contributed by atoms with Gasteiger partial charge in [-0.3, -0.25) is 4.79 Å². The Hall–Kier alpha value is -3.68. The topological polar surface area (TPSA) is 86.3 Å². The van der Waals surface area contributed by atoms with Gasteiger partial charge in [0.15, 0.2) is 17.5 Å². The first-order valence-electron chi connectivity index (χ1n) is 9.96. The quantitative estimate of drug-likeness (QED) is 0.519. The van der Waals surface area contributed by atoms with Crippen LogP contribution in [-0.2, 0) is 0 Å². The zero-order chi connectivity index (χ0) is 20.5. The van der Waals surface area contributed by atoms with Gasteiger partial charge in [0.25, 0.3) is 5.91 Å². The van der Waals surface area contributed by atoms with E-state index in [0.717, 1.165) is 12.8 Å². The van der Waals surface area contributed by atoms with Gasteiger partial charge in [-0.2, -0.15) is 15.0 Å². The molecule has 1 aliphatic heterocycles. The van der Waals surface area contributed by atoms with Crippen LogP contribution in [0.1, 0.15) is 30.1 Å². The van der Waals surface area contributed by atoms with E-state index >= 15 is 0 Å². The molecule has 0 saturated carbocycles. The summed E-state index contributed by atoms with van der Waals surface area (Å²) in [6, 6.07) is 13.1. The average molecular weight is 403 g/mol. The summed E-state index contributed by atoms with van der Waals surface area (Å²) in [5.74, 6) is 0.623. The number of fused-ring (bicyclic) bond motifs is 1. The van der Waals surface area contributed by atoms with Crippen LogP contribution in [0.15, 0.2) is 65.7 Å². The predicted molar refractivity (Wildman–Crippen MR) is 110 cm³/mol. The highest BCUT2D eigenvalue weighted by atomic mass is 16.5. The number of oxazole rings is 1. The molecule has 0 unspecified atom stereocenters. The number of aromatic nitrogens is 4. The molecule has 4 aromatic rings. The summed E-state index contributed by atoms with van der Waals surface area (Å²) >= 11 is 0. The number of amides is 1. The van der Waals surface area contributed by atoms with E-state index in [1.54, 1.807) is 12.4 Å². The number of rotatable bonds is 4. The van der Waals surface area contributed by atoms with Crippen LogP contribution in [0, 0.1) is 0 Å². The molecule has 0 radical (unpaired) electrons. The zero-order valence-corrected chi connectivity index (χ0v) is 16.5. The van der Waals surface area contributed by atoms with Crippen LogP contribution < -0.4 is 4.74 Å². The lowest BCUT2D eigenvalue weighted by Crippen LogP contribution is -2.49. The second-order valence-electron chi connectivity index (χ2n) is 7.41. The maximum Gasteiger partial charge on any atom is 0.256 e. The lowest BCUT2D eigenvalue weighted by molar-refractivity contribution is 0.0387. The molecule has 1 fully saturated rings. The summed E-state index contributed by atoms with van der Waals surface area (Å²) in [4.78, 5) is 21.1. The second kappa shape index (κ2) is 7.62. The standard InChI is InChI=1S/C22H21N5O3/c1-15-9-10-16(30-20-8-4-7-19-21(20)23-14-29-19)13-26(15)22(28)17-5-2-3-6-18(17)27-24-11-12-25-27/h2-8,11-12,14-16H,9-10,13H2,1H3/t15-,16+/m1/s1. The summed E-state index contributed by atoms with van der Waals surface area (Å²) in [7, 11) is 0. The number of nitrogens with zero attached hydrogens (tertiary/aromatic N) is 5. The molecule has 5 rings (SSSR count). The smallest absolute Gasteiger partial charge is 0.256 e. The van der Waals surface area contributed by atoms with Crippen molar-refractivity contribution < 1.29 is 13.9 Å². The zero-order valence-electron chi connectivity index (χ0n) is 16.5. The van der Waals surface area contributed by atoms with E-state index in [-0.39, 0.29) is 18.1 Å². The van der Waals surface area contributed by atoms with Crippen molar-refractivity contribution >= 4 is 17.0 Å². The maximum atomic E-state index is 13.5. The Morgan fingerprint density at radius 1 is 1.10 bits per heavy atom. The SMILES string of the molecule is C[C@@H]1CC[C@H](Oc2cccc3ocnc23)CN1C(=O)c1ccccc1-n1nccn1. The molecule has 0 N–H and O–H groups in total. The summed E-state index contributed by atoms with van der Waals surface area (Å²) in [6.45, 7) is 2.57. The third kappa shape index (κ3) is 3.30. The molecule has 3 heterocycles. The fourth-order valence-electron chi connectivity index (χ4n) is 3.91. The minimum absolute atomic E-state index is 0.0525. The average Bonchev–Trinajstić information content (AvgIpc) is 3.47. The van der Waals surface area contributed by atoms with Gasteiger partial charge in [-0.05, 0) is 44.0 Å². The summed E-state index contributed by atoms with van der Waals surface area (Å²) < 4.78 is 11.6. The number of hydrogen-bond donors (Lipinski definition) is 0. The molecule has 0 bridgehead atoms. The van der Waals surface area contributed by atoms with Gasteiger partial charge >= 0.3 is 0 Å². The van der Waals surface area contributed by atoms with E-state index in [0.29, 0.717) is 34.6 Å². The van der Waals surface area contributed by atoms with Gasteiger partial charge in [0.2, 0.25) is 0 Å². The van der Waals surface area contributed by atoms with Gasteiger partial charge in [0, 0.05) is 6.04 Å². The molecule has 8 nitrogen and oxygen atoms in total. The molecule has 30 heavy (non-hydrogen) atoms. The van der Waals surface area contributed by atoms with Gasteiger partial charge in [-0.25, -0.2) is 4.98 Å². The number of ether oxygens (including phenoxy) is 1. The molecule has 1 aliphatic rings. The highest BCUT2D eigenvalue weighted by Gasteiger charge is 2.32. The summed E-state index contributed by atoms with van der Waals surface area (Å²) in [5.41, 5.74) is 2.62. The van der Waals surface area contributed by atoms with Crippen LogP contribution in [-0.4, -0.2) is 49.5 Å². The van der Waals surface area contributed by atoms with E-state index in [1.807, 2.05) is 47.4 Å². The molecule has 152 valence electrons. The van der Waals surface area contributed by atoms with Crippen LogP contribution in [0.2, 0.25) is 0 Å². The summed E-state index contributed by atoms with van der Waals surface area (Å²) in [6.07, 6.45) is 6.20. The first-order valence-corrected chi connectivity index (χ1v) is 9.96. The predicted octanol–water partition coefficient (Wildman–Crippen LogP) is 3.48. The maximum absolute atomic E-state index is 13.5. The largest absolute Gasteiger partial charge is 0.486 e. The molecule has 0 spiro atoms. The number of likely N-dealkylation sites (tertiary alicyclic amines) is 1. The van der Waals surface area contributed by atoms with Crippen LogP contribution in [0.3, 0.4) is 0 Å². The lowest BCUT2D eigenvalue weighted by atomic mass is 9.99.